The molecule has 1 atom stereocenters. The molecule has 0 aliphatic carbocycles. The second kappa shape index (κ2) is 8.78. The average molecular weight is 343 g/mol. The highest BCUT2D eigenvalue weighted by Gasteiger charge is 2.14. The molecule has 1 amide bonds. The molecule has 0 heterocycles. The van der Waals surface area contributed by atoms with Crippen molar-refractivity contribution in [3.63, 3.8) is 0 Å². The Morgan fingerprint density at radius 2 is 1.88 bits per heavy atom. The molecule has 0 saturated heterocycles. The Morgan fingerprint density at radius 3 is 2.62 bits per heavy atom. The van der Waals surface area contributed by atoms with E-state index in [1.165, 1.54) is 5.56 Å². The van der Waals surface area contributed by atoms with Crippen molar-refractivity contribution >= 4 is 23.4 Å². The third-order valence-corrected chi connectivity index (χ3v) is 4.85. The Morgan fingerprint density at radius 1 is 1.12 bits per heavy atom. The highest BCUT2D eigenvalue weighted by atomic mass is 32.2. The molecule has 0 fully saturated rings. The lowest BCUT2D eigenvalue weighted by Crippen LogP contribution is -2.23. The van der Waals surface area contributed by atoms with Crippen molar-refractivity contribution in [2.24, 2.45) is 0 Å². The molecule has 0 aromatic heterocycles. The van der Waals surface area contributed by atoms with Gasteiger partial charge in [0.25, 0.3) is 0 Å². The quantitative estimate of drug-likeness (QED) is 0.737. The predicted octanol–water partition coefficient (Wildman–Crippen LogP) is 4.75. The summed E-state index contributed by atoms with van der Waals surface area (Å²) in [6, 6.07) is 14.1. The number of carbonyl (C=O) groups is 1. The van der Waals surface area contributed by atoms with Crippen molar-refractivity contribution in [3.8, 4) is 5.75 Å². The fourth-order valence-corrected chi connectivity index (χ4v) is 3.01. The number of thioether (sulfide) groups is 1. The standard InChI is InChI=1S/C20H25NO2S/c1-14-6-5-7-18(12-14)23-10-11-24-17(4)20(22)21-19-13-15(2)8-9-16(19)3/h5-9,12-13,17H,10-11H2,1-4H3,(H,21,22)/t17-/m1/s1. The molecule has 0 spiro atoms. The molecular weight excluding hydrogens is 318 g/mol. The van der Waals surface area contributed by atoms with Crippen LogP contribution in [0.3, 0.4) is 0 Å². The number of hydrogen-bond acceptors (Lipinski definition) is 3. The summed E-state index contributed by atoms with van der Waals surface area (Å²) in [5, 5.41) is 2.90. The topological polar surface area (TPSA) is 38.3 Å². The van der Waals surface area contributed by atoms with Gasteiger partial charge in [0.05, 0.1) is 11.9 Å². The fraction of sp³-hybridized carbons (Fsp3) is 0.350. The number of carbonyl (C=O) groups excluding carboxylic acids is 1. The first-order valence-corrected chi connectivity index (χ1v) is 9.20. The second-order valence-corrected chi connectivity index (χ2v) is 7.43. The largest absolute Gasteiger partial charge is 0.493 e. The van der Waals surface area contributed by atoms with Gasteiger partial charge in [-0.25, -0.2) is 0 Å². The van der Waals surface area contributed by atoms with Gasteiger partial charge in [0.15, 0.2) is 0 Å². The summed E-state index contributed by atoms with van der Waals surface area (Å²) in [4.78, 5) is 12.3. The number of amides is 1. The first-order chi connectivity index (χ1) is 11.5. The van der Waals surface area contributed by atoms with Gasteiger partial charge in [-0.1, -0.05) is 24.3 Å². The van der Waals surface area contributed by atoms with Crippen molar-refractivity contribution < 1.29 is 9.53 Å². The summed E-state index contributed by atoms with van der Waals surface area (Å²) in [6.45, 7) is 8.59. The van der Waals surface area contributed by atoms with Gasteiger partial charge in [0.1, 0.15) is 5.75 Å². The third-order valence-electron chi connectivity index (χ3n) is 3.73. The number of anilines is 1. The van der Waals surface area contributed by atoms with Crippen molar-refractivity contribution in [1.29, 1.82) is 0 Å². The monoisotopic (exact) mass is 343 g/mol. The zero-order valence-electron chi connectivity index (χ0n) is 14.8. The van der Waals surface area contributed by atoms with E-state index < -0.39 is 0 Å². The first-order valence-electron chi connectivity index (χ1n) is 8.15. The molecule has 24 heavy (non-hydrogen) atoms. The van der Waals surface area contributed by atoms with E-state index in [0.717, 1.165) is 28.3 Å². The number of hydrogen-bond donors (Lipinski definition) is 1. The SMILES string of the molecule is Cc1cccc(OCCS[C@H](C)C(=O)Nc2cc(C)ccc2C)c1. The molecule has 2 aromatic rings. The fourth-order valence-electron chi connectivity index (χ4n) is 2.27. The Balaban J connectivity index is 1.76. The van der Waals surface area contributed by atoms with Crippen LogP contribution in [0, 0.1) is 20.8 Å². The number of nitrogens with one attached hydrogen (secondary N) is 1. The summed E-state index contributed by atoms with van der Waals surface area (Å²) in [7, 11) is 0. The van der Waals surface area contributed by atoms with E-state index in [2.05, 4.69) is 5.32 Å². The molecule has 2 aromatic carbocycles. The van der Waals surface area contributed by atoms with Crippen LogP contribution in [0.2, 0.25) is 0 Å². The van der Waals surface area contributed by atoms with Gasteiger partial charge in [-0.2, -0.15) is 0 Å². The molecule has 3 nitrogen and oxygen atoms in total. The average Bonchev–Trinajstić information content (AvgIpc) is 2.55. The van der Waals surface area contributed by atoms with E-state index in [4.69, 9.17) is 4.74 Å². The Hall–Kier alpha value is -1.94. The van der Waals surface area contributed by atoms with Crippen LogP contribution in [-0.4, -0.2) is 23.5 Å². The van der Waals surface area contributed by atoms with Crippen LogP contribution in [-0.2, 0) is 4.79 Å². The Bertz CT molecular complexity index is 700. The maximum absolute atomic E-state index is 12.3. The van der Waals surface area contributed by atoms with Gasteiger partial charge in [-0.15, -0.1) is 11.8 Å². The lowest BCUT2D eigenvalue weighted by atomic mass is 10.1. The molecule has 0 radical (unpaired) electrons. The van der Waals surface area contributed by atoms with Gasteiger partial charge in [-0.3, -0.25) is 4.79 Å². The van der Waals surface area contributed by atoms with Crippen molar-refractivity contribution in [3.05, 3.63) is 59.2 Å². The lowest BCUT2D eigenvalue weighted by molar-refractivity contribution is -0.115. The number of rotatable bonds is 7. The minimum Gasteiger partial charge on any atom is -0.493 e. The third kappa shape index (κ3) is 5.60. The summed E-state index contributed by atoms with van der Waals surface area (Å²) >= 11 is 1.60. The number of aryl methyl sites for hydroxylation is 3. The summed E-state index contributed by atoms with van der Waals surface area (Å²) in [5.41, 5.74) is 4.29. The Kier molecular flexibility index (Phi) is 6.73. The molecule has 2 rings (SSSR count). The van der Waals surface area contributed by atoms with Crippen molar-refractivity contribution in [2.75, 3.05) is 17.7 Å². The zero-order valence-corrected chi connectivity index (χ0v) is 15.6. The highest BCUT2D eigenvalue weighted by Crippen LogP contribution is 2.19. The zero-order chi connectivity index (χ0) is 17.5. The minimum absolute atomic E-state index is 0.0317. The molecule has 0 saturated carbocycles. The summed E-state index contributed by atoms with van der Waals surface area (Å²) < 4.78 is 5.72. The normalized spacial score (nSPS) is 11.8. The van der Waals surface area contributed by atoms with E-state index in [-0.39, 0.29) is 11.2 Å². The maximum atomic E-state index is 12.3. The molecule has 0 aliphatic rings. The Labute approximate surface area is 148 Å². The minimum atomic E-state index is -0.119. The number of ether oxygens (including phenoxy) is 1. The van der Waals surface area contributed by atoms with Crippen LogP contribution in [0.1, 0.15) is 23.6 Å². The van der Waals surface area contributed by atoms with Gasteiger partial charge >= 0.3 is 0 Å². The molecule has 1 N–H and O–H groups in total. The molecule has 128 valence electrons. The van der Waals surface area contributed by atoms with Crippen LogP contribution in [0.15, 0.2) is 42.5 Å². The van der Waals surface area contributed by atoms with E-state index >= 15 is 0 Å². The van der Waals surface area contributed by atoms with Crippen LogP contribution in [0.4, 0.5) is 5.69 Å². The smallest absolute Gasteiger partial charge is 0.237 e. The van der Waals surface area contributed by atoms with E-state index in [0.29, 0.717) is 6.61 Å². The molecular formula is C20H25NO2S. The molecule has 0 bridgehead atoms. The maximum Gasteiger partial charge on any atom is 0.237 e. The van der Waals surface area contributed by atoms with E-state index in [1.807, 2.05) is 70.2 Å². The van der Waals surface area contributed by atoms with Gasteiger partial charge in [0, 0.05) is 11.4 Å². The first kappa shape index (κ1) is 18.4. The van der Waals surface area contributed by atoms with Crippen LogP contribution in [0.25, 0.3) is 0 Å². The predicted molar refractivity (Wildman–Crippen MR) is 103 cm³/mol. The van der Waals surface area contributed by atoms with Crippen LogP contribution >= 0.6 is 11.8 Å². The van der Waals surface area contributed by atoms with E-state index in [9.17, 15) is 4.79 Å². The van der Waals surface area contributed by atoms with Gasteiger partial charge in [0.2, 0.25) is 5.91 Å². The van der Waals surface area contributed by atoms with Gasteiger partial charge in [-0.05, 0) is 62.6 Å². The van der Waals surface area contributed by atoms with Gasteiger partial charge < -0.3 is 10.1 Å². The summed E-state index contributed by atoms with van der Waals surface area (Å²) in [6.07, 6.45) is 0. The summed E-state index contributed by atoms with van der Waals surface area (Å²) in [5.74, 6) is 1.68. The van der Waals surface area contributed by atoms with Crippen molar-refractivity contribution in [1.82, 2.24) is 0 Å². The lowest BCUT2D eigenvalue weighted by Gasteiger charge is -2.14. The van der Waals surface area contributed by atoms with Crippen molar-refractivity contribution in [2.45, 2.75) is 32.9 Å². The van der Waals surface area contributed by atoms with Crippen LogP contribution in [0.5, 0.6) is 5.75 Å². The molecule has 4 heteroatoms. The second-order valence-electron chi connectivity index (χ2n) is 5.99. The molecule has 0 aliphatic heterocycles. The van der Waals surface area contributed by atoms with E-state index in [1.54, 1.807) is 11.8 Å². The molecule has 0 unspecified atom stereocenters. The van der Waals surface area contributed by atoms with Crippen LogP contribution < -0.4 is 10.1 Å². The number of benzene rings is 2. The highest BCUT2D eigenvalue weighted by molar-refractivity contribution is 8.00.